The summed E-state index contributed by atoms with van der Waals surface area (Å²) < 4.78 is 38.4. The molecule has 11 nitrogen and oxygen atoms in total. The number of hydrogen-bond acceptors (Lipinski definition) is 9. The van der Waals surface area contributed by atoms with E-state index in [-0.39, 0.29) is 0 Å². The Kier molecular flexibility index (Phi) is 6.10. The van der Waals surface area contributed by atoms with Crippen molar-refractivity contribution in [2.24, 2.45) is 0 Å². The maximum Gasteiger partial charge on any atom is 0.355 e. The maximum absolute atomic E-state index is 12.0. The van der Waals surface area contributed by atoms with Gasteiger partial charge < -0.3 is 28.4 Å². The zero-order valence-electron chi connectivity index (χ0n) is 13.3. The van der Waals surface area contributed by atoms with Crippen molar-refractivity contribution in [2.75, 3.05) is 27.7 Å². The molecule has 0 bridgehead atoms. The molecule has 4 unspecified atom stereocenters. The molecule has 2 N–H and O–H groups in total. The smallest absolute Gasteiger partial charge is 0.355 e. The van der Waals surface area contributed by atoms with Crippen LogP contribution in [0, 0.1) is 0 Å². The van der Waals surface area contributed by atoms with Crippen LogP contribution in [0.25, 0.3) is 0 Å². The summed E-state index contributed by atoms with van der Waals surface area (Å²) in [5, 5.41) is 10.2. The summed E-state index contributed by atoms with van der Waals surface area (Å²) in [6, 6.07) is 1.13. The average Bonchev–Trinajstić information content (AvgIpc) is 2.88. The molecule has 2 heterocycles. The molecule has 0 spiro atoms. The number of nitrogens with zero attached hydrogens (tertiary/aromatic N) is 1. The lowest BCUT2D eigenvalue weighted by atomic mass is 10.2. The molecule has 0 saturated carbocycles. The molecule has 0 aromatic carbocycles. The predicted octanol–water partition coefficient (Wildman–Crippen LogP) is -0.773. The Morgan fingerprint density at radius 2 is 2.00 bits per heavy atom. The van der Waals surface area contributed by atoms with E-state index in [0.29, 0.717) is 0 Å². The van der Waals surface area contributed by atoms with Crippen molar-refractivity contribution in [1.82, 2.24) is 9.55 Å². The molecule has 0 aliphatic carbocycles. The lowest BCUT2D eigenvalue weighted by Gasteiger charge is -2.19. The molecule has 1 aromatic heterocycles. The van der Waals surface area contributed by atoms with Gasteiger partial charge in [-0.15, -0.1) is 0 Å². The first-order valence-corrected chi connectivity index (χ1v) is 8.58. The summed E-state index contributed by atoms with van der Waals surface area (Å²) in [7, 11) is 0.241. The number of aliphatic hydroxyl groups excluding tert-OH is 1. The SMILES string of the molecule is COC1C(O)C(OCP(=O)(OC)OC)OC1n1ccc(=O)[nH]c1=O. The van der Waals surface area contributed by atoms with Gasteiger partial charge in [0.05, 0.1) is 0 Å². The average molecular weight is 366 g/mol. The van der Waals surface area contributed by atoms with Crippen molar-refractivity contribution in [3.63, 3.8) is 0 Å². The third-order valence-electron chi connectivity index (χ3n) is 3.52. The molecule has 1 aliphatic heterocycles. The van der Waals surface area contributed by atoms with Crippen LogP contribution in [0.2, 0.25) is 0 Å². The predicted molar refractivity (Wildman–Crippen MR) is 79.6 cm³/mol. The van der Waals surface area contributed by atoms with Crippen LogP contribution in [0.1, 0.15) is 6.23 Å². The summed E-state index contributed by atoms with van der Waals surface area (Å²) in [6.07, 6.45) is -3.78. The van der Waals surface area contributed by atoms with Gasteiger partial charge in [-0.25, -0.2) is 4.79 Å². The van der Waals surface area contributed by atoms with E-state index in [9.17, 15) is 19.3 Å². The first kappa shape index (κ1) is 19.0. The van der Waals surface area contributed by atoms with Crippen LogP contribution < -0.4 is 11.2 Å². The van der Waals surface area contributed by atoms with Gasteiger partial charge in [0.2, 0.25) is 0 Å². The molecule has 136 valence electrons. The summed E-state index contributed by atoms with van der Waals surface area (Å²) in [4.78, 5) is 25.1. The minimum Gasteiger partial charge on any atom is -0.385 e. The monoisotopic (exact) mass is 366 g/mol. The van der Waals surface area contributed by atoms with Crippen molar-refractivity contribution < 1.29 is 32.9 Å². The van der Waals surface area contributed by atoms with Gasteiger partial charge in [0.1, 0.15) is 12.2 Å². The number of aromatic nitrogens is 2. The van der Waals surface area contributed by atoms with Gasteiger partial charge in [0.15, 0.2) is 18.9 Å². The van der Waals surface area contributed by atoms with E-state index in [2.05, 4.69) is 4.98 Å². The van der Waals surface area contributed by atoms with Gasteiger partial charge in [0.25, 0.3) is 5.56 Å². The largest absolute Gasteiger partial charge is 0.385 e. The van der Waals surface area contributed by atoms with Gasteiger partial charge in [0, 0.05) is 33.6 Å². The van der Waals surface area contributed by atoms with Gasteiger partial charge in [-0.2, -0.15) is 0 Å². The van der Waals surface area contributed by atoms with Crippen LogP contribution >= 0.6 is 7.60 Å². The van der Waals surface area contributed by atoms with Gasteiger partial charge >= 0.3 is 13.3 Å². The number of methoxy groups -OCH3 is 1. The molecule has 1 aromatic rings. The van der Waals surface area contributed by atoms with Crippen LogP contribution in [0.5, 0.6) is 0 Å². The molecule has 12 heteroatoms. The quantitative estimate of drug-likeness (QED) is 0.595. The van der Waals surface area contributed by atoms with E-state index in [1.807, 2.05) is 0 Å². The fraction of sp³-hybridized carbons (Fsp3) is 0.667. The summed E-state index contributed by atoms with van der Waals surface area (Å²) in [5.41, 5.74) is -1.31. The van der Waals surface area contributed by atoms with E-state index in [1.165, 1.54) is 27.5 Å². The Bertz CT molecular complexity index is 709. The molecule has 1 saturated heterocycles. The minimum absolute atomic E-state index is 0.467. The first-order chi connectivity index (χ1) is 11.3. The number of aliphatic hydroxyl groups is 1. The van der Waals surface area contributed by atoms with Crippen molar-refractivity contribution in [3.05, 3.63) is 33.1 Å². The normalized spacial score (nSPS) is 27.5. The van der Waals surface area contributed by atoms with Crippen LogP contribution in [0.4, 0.5) is 0 Å². The minimum atomic E-state index is -3.47. The Balaban J connectivity index is 2.19. The zero-order valence-corrected chi connectivity index (χ0v) is 14.2. The maximum atomic E-state index is 12.0. The van der Waals surface area contributed by atoms with Crippen LogP contribution in [0.3, 0.4) is 0 Å². The molecular formula is C12H19N2O9P. The van der Waals surface area contributed by atoms with E-state index < -0.39 is 49.9 Å². The summed E-state index contributed by atoms with van der Waals surface area (Å²) in [5.74, 6) is 0. The second-order valence-corrected chi connectivity index (χ2v) is 7.09. The van der Waals surface area contributed by atoms with Crippen LogP contribution in [0.15, 0.2) is 21.9 Å². The number of hydrogen-bond donors (Lipinski definition) is 2. The van der Waals surface area contributed by atoms with Crippen molar-refractivity contribution in [1.29, 1.82) is 0 Å². The Hall–Kier alpha value is -1.33. The van der Waals surface area contributed by atoms with Crippen molar-refractivity contribution in [2.45, 2.75) is 24.7 Å². The molecule has 24 heavy (non-hydrogen) atoms. The summed E-state index contributed by atoms with van der Waals surface area (Å²) in [6.45, 7) is 0. The third kappa shape index (κ3) is 3.83. The second-order valence-electron chi connectivity index (χ2n) is 4.88. The molecule has 4 atom stereocenters. The van der Waals surface area contributed by atoms with E-state index >= 15 is 0 Å². The molecule has 0 radical (unpaired) electrons. The Morgan fingerprint density at radius 3 is 2.54 bits per heavy atom. The fourth-order valence-electron chi connectivity index (χ4n) is 2.21. The van der Waals surface area contributed by atoms with Gasteiger partial charge in [-0.05, 0) is 0 Å². The standard InChI is InChI=1S/C12H19N2O9P/c1-19-9-8(16)11(22-6-24(18,20-2)21-3)23-10(9)14-5-4-7(15)13-12(14)17/h4-5,8-11,16H,6H2,1-3H3,(H,13,15,17). The third-order valence-corrected chi connectivity index (χ3v) is 5.10. The molecule has 0 amide bonds. The highest BCUT2D eigenvalue weighted by atomic mass is 31.2. The topological polar surface area (TPSA) is 138 Å². The highest BCUT2D eigenvalue weighted by molar-refractivity contribution is 7.53. The second kappa shape index (κ2) is 7.70. The number of nitrogens with one attached hydrogen (secondary N) is 1. The lowest BCUT2D eigenvalue weighted by Crippen LogP contribution is -2.38. The Morgan fingerprint density at radius 1 is 1.33 bits per heavy atom. The van der Waals surface area contributed by atoms with E-state index in [0.717, 1.165) is 10.6 Å². The van der Waals surface area contributed by atoms with Gasteiger partial charge in [-0.1, -0.05) is 0 Å². The fourth-order valence-corrected chi connectivity index (χ4v) is 2.90. The van der Waals surface area contributed by atoms with Crippen LogP contribution in [-0.4, -0.2) is 60.8 Å². The summed E-state index contributed by atoms with van der Waals surface area (Å²) >= 11 is 0. The number of ether oxygens (including phenoxy) is 3. The highest BCUT2D eigenvalue weighted by Gasteiger charge is 2.47. The number of rotatable bonds is 7. The molecule has 1 aliphatic rings. The lowest BCUT2D eigenvalue weighted by molar-refractivity contribution is -0.169. The van der Waals surface area contributed by atoms with E-state index in [1.54, 1.807) is 0 Å². The van der Waals surface area contributed by atoms with E-state index in [4.69, 9.17) is 23.3 Å². The number of aromatic amines is 1. The van der Waals surface area contributed by atoms with Gasteiger partial charge in [-0.3, -0.25) is 18.9 Å². The molecular weight excluding hydrogens is 347 g/mol. The number of H-pyrrole nitrogens is 1. The van der Waals surface area contributed by atoms with Crippen LogP contribution in [-0.2, 0) is 27.8 Å². The molecule has 1 fully saturated rings. The highest BCUT2D eigenvalue weighted by Crippen LogP contribution is 2.47. The Labute approximate surface area is 136 Å². The molecule has 2 rings (SSSR count). The first-order valence-electron chi connectivity index (χ1n) is 6.85. The zero-order chi connectivity index (χ0) is 17.9. The van der Waals surface area contributed by atoms with Crippen molar-refractivity contribution >= 4 is 7.60 Å². The van der Waals surface area contributed by atoms with Crippen molar-refractivity contribution in [3.8, 4) is 0 Å².